The number of urea groups is 1. The van der Waals surface area contributed by atoms with E-state index in [4.69, 9.17) is 0 Å². The van der Waals surface area contributed by atoms with Gasteiger partial charge in [-0.1, -0.05) is 0 Å². The molecule has 4 heteroatoms. The van der Waals surface area contributed by atoms with Crippen LogP contribution in [0.5, 0.6) is 0 Å². The monoisotopic (exact) mass is 238 g/mol. The molecule has 1 aliphatic heterocycles. The van der Waals surface area contributed by atoms with E-state index < -0.39 is 0 Å². The van der Waals surface area contributed by atoms with E-state index >= 15 is 0 Å². The average Bonchev–Trinajstić information content (AvgIpc) is 2.61. The van der Waals surface area contributed by atoms with Gasteiger partial charge in [0.1, 0.15) is 0 Å². The smallest absolute Gasteiger partial charge is 0.318 e. The summed E-state index contributed by atoms with van der Waals surface area (Å²) in [4.78, 5) is 15.3. The maximum absolute atomic E-state index is 12.0. The fraction of sp³-hybridized carbons (Fsp3) is 0.583. The van der Waals surface area contributed by atoms with Crippen molar-refractivity contribution in [3.63, 3.8) is 0 Å². The summed E-state index contributed by atoms with van der Waals surface area (Å²) in [6.07, 6.45) is 0.991. The molecular weight excluding hydrogens is 220 g/mol. The van der Waals surface area contributed by atoms with E-state index in [-0.39, 0.29) is 11.6 Å². The molecule has 0 aromatic carbocycles. The Balaban J connectivity index is 2.01. The molecule has 0 aliphatic carbocycles. The van der Waals surface area contributed by atoms with E-state index in [1.165, 1.54) is 10.4 Å². The van der Waals surface area contributed by atoms with Crippen molar-refractivity contribution in [3.8, 4) is 0 Å². The second-order valence-corrected chi connectivity index (χ2v) is 6.22. The molecule has 1 aromatic rings. The summed E-state index contributed by atoms with van der Waals surface area (Å²) in [6.45, 7) is 7.59. The molecule has 0 bridgehead atoms. The number of thiophene rings is 1. The largest absolute Gasteiger partial charge is 0.333 e. The van der Waals surface area contributed by atoms with E-state index in [1.54, 1.807) is 11.3 Å². The number of hydrogen-bond donors (Lipinski definition) is 1. The zero-order valence-electron chi connectivity index (χ0n) is 10.0. The van der Waals surface area contributed by atoms with E-state index in [1.807, 2.05) is 25.7 Å². The summed E-state index contributed by atoms with van der Waals surface area (Å²) in [5.74, 6) is 0. The van der Waals surface area contributed by atoms with Gasteiger partial charge in [-0.05, 0) is 44.2 Å². The molecule has 1 aliphatic rings. The van der Waals surface area contributed by atoms with Gasteiger partial charge in [0.05, 0.1) is 0 Å². The molecule has 0 radical (unpaired) electrons. The number of rotatable bonds is 0. The van der Waals surface area contributed by atoms with Crippen LogP contribution in [0.2, 0.25) is 0 Å². The molecule has 88 valence electrons. The first-order chi connectivity index (χ1) is 7.46. The SMILES string of the molecule is CC(C)(C)NC(=O)N1CCc2sccc2C1. The van der Waals surface area contributed by atoms with Crippen molar-refractivity contribution in [1.29, 1.82) is 0 Å². The molecule has 1 aromatic heterocycles. The first-order valence-electron chi connectivity index (χ1n) is 5.58. The Morgan fingerprint density at radius 1 is 1.50 bits per heavy atom. The van der Waals surface area contributed by atoms with Crippen LogP contribution in [0.3, 0.4) is 0 Å². The fourth-order valence-electron chi connectivity index (χ4n) is 1.82. The van der Waals surface area contributed by atoms with Crippen molar-refractivity contribution >= 4 is 17.4 Å². The average molecular weight is 238 g/mol. The van der Waals surface area contributed by atoms with Crippen LogP contribution in [0.1, 0.15) is 31.2 Å². The first kappa shape index (κ1) is 11.5. The zero-order chi connectivity index (χ0) is 11.8. The maximum Gasteiger partial charge on any atom is 0.318 e. The molecule has 2 rings (SSSR count). The van der Waals surface area contributed by atoms with E-state index in [9.17, 15) is 4.79 Å². The van der Waals surface area contributed by atoms with Crippen LogP contribution in [0.15, 0.2) is 11.4 Å². The second-order valence-electron chi connectivity index (χ2n) is 5.22. The topological polar surface area (TPSA) is 32.3 Å². The highest BCUT2D eigenvalue weighted by molar-refractivity contribution is 7.10. The molecule has 0 atom stereocenters. The minimum atomic E-state index is -0.161. The quantitative estimate of drug-likeness (QED) is 0.740. The third-order valence-corrected chi connectivity index (χ3v) is 3.60. The molecule has 1 N–H and O–H groups in total. The molecule has 0 saturated heterocycles. The predicted octanol–water partition coefficient (Wildman–Crippen LogP) is 2.61. The van der Waals surface area contributed by atoms with Gasteiger partial charge >= 0.3 is 6.03 Å². The lowest BCUT2D eigenvalue weighted by atomic mass is 10.1. The van der Waals surface area contributed by atoms with E-state index in [2.05, 4.69) is 16.8 Å². The van der Waals surface area contributed by atoms with Crippen molar-refractivity contribution in [2.24, 2.45) is 0 Å². The molecule has 0 spiro atoms. The summed E-state index contributed by atoms with van der Waals surface area (Å²) in [5.41, 5.74) is 1.15. The van der Waals surface area contributed by atoms with Crippen molar-refractivity contribution in [1.82, 2.24) is 10.2 Å². The zero-order valence-corrected chi connectivity index (χ0v) is 10.9. The molecule has 3 nitrogen and oxygen atoms in total. The lowest BCUT2D eigenvalue weighted by Gasteiger charge is -2.31. The summed E-state index contributed by atoms with van der Waals surface area (Å²) in [7, 11) is 0. The first-order valence-corrected chi connectivity index (χ1v) is 6.46. The minimum Gasteiger partial charge on any atom is -0.333 e. The fourth-order valence-corrected chi connectivity index (χ4v) is 2.71. The van der Waals surface area contributed by atoms with Crippen molar-refractivity contribution in [3.05, 3.63) is 21.9 Å². The highest BCUT2D eigenvalue weighted by Crippen LogP contribution is 2.24. The van der Waals surface area contributed by atoms with Crippen LogP contribution in [-0.4, -0.2) is 23.0 Å². The molecular formula is C12H18N2OS. The number of carbonyl (C=O) groups is 1. The highest BCUT2D eigenvalue weighted by atomic mass is 32.1. The Morgan fingerprint density at radius 2 is 2.25 bits per heavy atom. The molecule has 16 heavy (non-hydrogen) atoms. The lowest BCUT2D eigenvalue weighted by molar-refractivity contribution is 0.183. The Morgan fingerprint density at radius 3 is 2.94 bits per heavy atom. The Bertz CT molecular complexity index is 392. The number of nitrogens with one attached hydrogen (secondary N) is 1. The minimum absolute atomic E-state index is 0.0457. The van der Waals surface area contributed by atoms with Gasteiger partial charge in [-0.15, -0.1) is 11.3 Å². The van der Waals surface area contributed by atoms with Gasteiger partial charge in [-0.2, -0.15) is 0 Å². The standard InChI is InChI=1S/C12H18N2OS/c1-12(2,3)13-11(15)14-6-4-10-9(8-14)5-7-16-10/h5,7H,4,6,8H2,1-3H3,(H,13,15). The van der Waals surface area contributed by atoms with Crippen LogP contribution in [0.25, 0.3) is 0 Å². The number of nitrogens with zero attached hydrogens (tertiary/aromatic N) is 1. The lowest BCUT2D eigenvalue weighted by Crippen LogP contribution is -2.49. The second kappa shape index (κ2) is 4.09. The third kappa shape index (κ3) is 2.55. The van der Waals surface area contributed by atoms with Crippen LogP contribution < -0.4 is 5.32 Å². The van der Waals surface area contributed by atoms with Gasteiger partial charge in [0, 0.05) is 23.5 Å². The van der Waals surface area contributed by atoms with Gasteiger partial charge in [-0.3, -0.25) is 0 Å². The van der Waals surface area contributed by atoms with E-state index in [0.717, 1.165) is 19.5 Å². The summed E-state index contributed by atoms with van der Waals surface area (Å²) in [5, 5.41) is 5.11. The van der Waals surface area contributed by atoms with Gasteiger partial charge < -0.3 is 10.2 Å². The third-order valence-electron chi connectivity index (χ3n) is 2.58. The highest BCUT2D eigenvalue weighted by Gasteiger charge is 2.23. The summed E-state index contributed by atoms with van der Waals surface area (Å²) in [6, 6.07) is 2.17. The summed E-state index contributed by atoms with van der Waals surface area (Å²) >= 11 is 1.79. The molecule has 0 unspecified atom stereocenters. The van der Waals surface area contributed by atoms with Crippen molar-refractivity contribution in [2.45, 2.75) is 39.3 Å². The number of hydrogen-bond acceptors (Lipinski definition) is 2. The normalized spacial score (nSPS) is 15.8. The Hall–Kier alpha value is -1.03. The Kier molecular flexibility index (Phi) is 2.93. The van der Waals surface area contributed by atoms with Crippen LogP contribution in [-0.2, 0) is 13.0 Å². The van der Waals surface area contributed by atoms with E-state index in [0.29, 0.717) is 0 Å². The van der Waals surface area contributed by atoms with Crippen molar-refractivity contribution < 1.29 is 4.79 Å². The van der Waals surface area contributed by atoms with Gasteiger partial charge in [0.2, 0.25) is 0 Å². The summed E-state index contributed by atoms with van der Waals surface area (Å²) < 4.78 is 0. The van der Waals surface area contributed by atoms with Crippen LogP contribution in [0.4, 0.5) is 4.79 Å². The van der Waals surface area contributed by atoms with Gasteiger partial charge in [-0.25, -0.2) is 4.79 Å². The number of fused-ring (bicyclic) bond motifs is 1. The molecule has 2 amide bonds. The van der Waals surface area contributed by atoms with Crippen LogP contribution >= 0.6 is 11.3 Å². The predicted molar refractivity (Wildman–Crippen MR) is 66.7 cm³/mol. The Labute approximate surface area is 100 Å². The molecule has 0 fully saturated rings. The van der Waals surface area contributed by atoms with Gasteiger partial charge in [0.15, 0.2) is 0 Å². The number of amides is 2. The molecule has 0 saturated carbocycles. The van der Waals surface area contributed by atoms with Crippen LogP contribution in [0, 0.1) is 0 Å². The number of carbonyl (C=O) groups excluding carboxylic acids is 1. The maximum atomic E-state index is 12.0. The van der Waals surface area contributed by atoms with Gasteiger partial charge in [0.25, 0.3) is 0 Å². The van der Waals surface area contributed by atoms with Crippen molar-refractivity contribution in [2.75, 3.05) is 6.54 Å². The molecule has 2 heterocycles.